The minimum atomic E-state index is -0.516. The topological polar surface area (TPSA) is 84.3 Å². The normalized spacial score (nSPS) is 24.9. The molecule has 6 nitrogen and oxygen atoms in total. The van der Waals surface area contributed by atoms with Gasteiger partial charge in [-0.2, -0.15) is 0 Å². The van der Waals surface area contributed by atoms with Gasteiger partial charge >= 0.3 is 5.69 Å². The Bertz CT molecular complexity index is 500. The lowest BCUT2D eigenvalue weighted by Crippen LogP contribution is -2.33. The number of aromatic amines is 1. The summed E-state index contributed by atoms with van der Waals surface area (Å²) in [6.07, 6.45) is 0.939. The summed E-state index contributed by atoms with van der Waals surface area (Å²) in [7, 11) is 0. The second kappa shape index (κ2) is 4.74. The standard InChI is InChI=1S/C8H9BrN2O4S/c9-4-1-11(8(14)10-7(4)13)5-3-16-6(2-12)15-5/h1,5-6,12H,2-3H2,(H,10,13,14)/t5-,6-/m0/s1. The molecule has 0 aliphatic carbocycles. The van der Waals surface area contributed by atoms with E-state index in [-0.39, 0.29) is 16.5 Å². The molecule has 0 aromatic carbocycles. The fourth-order valence-electron chi connectivity index (χ4n) is 1.36. The first-order chi connectivity index (χ1) is 7.61. The number of nitrogens with zero attached hydrogens (tertiary/aromatic N) is 1. The average molecular weight is 309 g/mol. The molecule has 1 saturated heterocycles. The first kappa shape index (κ1) is 11.9. The van der Waals surface area contributed by atoms with Crippen LogP contribution in [-0.4, -0.2) is 32.5 Å². The van der Waals surface area contributed by atoms with Crippen molar-refractivity contribution in [3.05, 3.63) is 31.5 Å². The number of ether oxygens (including phenoxy) is 1. The lowest BCUT2D eigenvalue weighted by Gasteiger charge is -2.13. The highest BCUT2D eigenvalue weighted by atomic mass is 79.9. The summed E-state index contributed by atoms with van der Waals surface area (Å²) in [6, 6.07) is 0. The molecule has 1 aromatic rings. The van der Waals surface area contributed by atoms with E-state index in [0.717, 1.165) is 0 Å². The molecule has 2 rings (SSSR count). The molecule has 8 heteroatoms. The van der Waals surface area contributed by atoms with Gasteiger partial charge in [0, 0.05) is 11.9 Å². The predicted molar refractivity (Wildman–Crippen MR) is 62.5 cm³/mol. The minimum Gasteiger partial charge on any atom is -0.393 e. The molecule has 2 N–H and O–H groups in total. The van der Waals surface area contributed by atoms with Crippen molar-refractivity contribution < 1.29 is 9.84 Å². The summed E-state index contributed by atoms with van der Waals surface area (Å²) in [6.45, 7) is -0.0968. The second-order valence-electron chi connectivity index (χ2n) is 3.18. The highest BCUT2D eigenvalue weighted by Gasteiger charge is 2.27. The molecule has 16 heavy (non-hydrogen) atoms. The smallest absolute Gasteiger partial charge is 0.330 e. The maximum Gasteiger partial charge on any atom is 0.330 e. The first-order valence-electron chi connectivity index (χ1n) is 4.50. The van der Waals surface area contributed by atoms with Crippen molar-refractivity contribution in [2.75, 3.05) is 12.4 Å². The molecule has 0 spiro atoms. The number of hydrogen-bond acceptors (Lipinski definition) is 5. The molecule has 1 fully saturated rings. The molecule has 2 atom stereocenters. The highest BCUT2D eigenvalue weighted by Crippen LogP contribution is 2.30. The summed E-state index contributed by atoms with van der Waals surface area (Å²) in [4.78, 5) is 24.8. The Kier molecular flexibility index (Phi) is 3.53. The number of aliphatic hydroxyl groups is 1. The highest BCUT2D eigenvalue weighted by molar-refractivity contribution is 9.10. The number of nitrogens with one attached hydrogen (secondary N) is 1. The third-order valence-corrected chi connectivity index (χ3v) is 3.79. The minimum absolute atomic E-state index is 0.0968. The molecular formula is C8H9BrN2O4S. The predicted octanol–water partition coefficient (Wildman–Crippen LogP) is -0.121. The molecule has 1 aliphatic heterocycles. The molecule has 1 aliphatic rings. The van der Waals surface area contributed by atoms with Crippen molar-refractivity contribution in [1.82, 2.24) is 9.55 Å². The summed E-state index contributed by atoms with van der Waals surface area (Å²) < 4.78 is 6.98. The number of H-pyrrole nitrogens is 1. The number of halogens is 1. The first-order valence-corrected chi connectivity index (χ1v) is 6.35. The Morgan fingerprint density at radius 2 is 2.44 bits per heavy atom. The number of thioether (sulfide) groups is 1. The zero-order valence-corrected chi connectivity index (χ0v) is 10.5. The van der Waals surface area contributed by atoms with Crippen molar-refractivity contribution >= 4 is 27.7 Å². The van der Waals surface area contributed by atoms with Crippen molar-refractivity contribution in [1.29, 1.82) is 0 Å². The number of hydrogen-bond donors (Lipinski definition) is 2. The van der Waals surface area contributed by atoms with E-state index in [9.17, 15) is 9.59 Å². The van der Waals surface area contributed by atoms with E-state index in [1.165, 1.54) is 22.5 Å². The quantitative estimate of drug-likeness (QED) is 0.796. The summed E-state index contributed by atoms with van der Waals surface area (Å²) >= 11 is 4.47. The number of aliphatic hydroxyl groups excluding tert-OH is 1. The van der Waals surface area contributed by atoms with Crippen molar-refractivity contribution in [2.24, 2.45) is 0 Å². The van der Waals surface area contributed by atoms with E-state index in [4.69, 9.17) is 9.84 Å². The Morgan fingerprint density at radius 3 is 3.06 bits per heavy atom. The Hall–Kier alpha value is -0.570. The molecule has 0 radical (unpaired) electrons. The van der Waals surface area contributed by atoms with Crippen LogP contribution in [0.3, 0.4) is 0 Å². The summed E-state index contributed by atoms with van der Waals surface area (Å²) in [5.74, 6) is 0.559. The molecule has 0 saturated carbocycles. The molecule has 2 heterocycles. The van der Waals surface area contributed by atoms with Crippen LogP contribution in [0.5, 0.6) is 0 Å². The van der Waals surface area contributed by atoms with E-state index in [2.05, 4.69) is 20.9 Å². The van der Waals surface area contributed by atoms with Gasteiger partial charge in [-0.25, -0.2) is 4.79 Å². The molecule has 0 bridgehead atoms. The van der Waals surface area contributed by atoms with Gasteiger partial charge in [-0.15, -0.1) is 11.8 Å². The summed E-state index contributed by atoms with van der Waals surface area (Å²) in [5.41, 5.74) is -1.30. The van der Waals surface area contributed by atoms with Crippen LogP contribution in [0, 0.1) is 0 Å². The van der Waals surface area contributed by atoms with Crippen LogP contribution in [0.1, 0.15) is 6.23 Å². The van der Waals surface area contributed by atoms with Gasteiger partial charge in [0.1, 0.15) is 11.7 Å². The third-order valence-electron chi connectivity index (χ3n) is 2.12. The monoisotopic (exact) mass is 308 g/mol. The van der Waals surface area contributed by atoms with Crippen LogP contribution in [0.15, 0.2) is 20.3 Å². The zero-order chi connectivity index (χ0) is 11.7. The zero-order valence-electron chi connectivity index (χ0n) is 8.05. The maximum atomic E-state index is 11.5. The van der Waals surface area contributed by atoms with E-state index in [0.29, 0.717) is 5.75 Å². The van der Waals surface area contributed by atoms with E-state index >= 15 is 0 Å². The van der Waals surface area contributed by atoms with E-state index in [1.807, 2.05) is 0 Å². The van der Waals surface area contributed by atoms with E-state index in [1.54, 1.807) is 0 Å². The maximum absolute atomic E-state index is 11.5. The Balaban J connectivity index is 2.32. The van der Waals surface area contributed by atoms with Gasteiger partial charge in [0.15, 0.2) is 0 Å². The van der Waals surface area contributed by atoms with Crippen LogP contribution in [0.2, 0.25) is 0 Å². The van der Waals surface area contributed by atoms with Gasteiger partial charge in [0.2, 0.25) is 0 Å². The van der Waals surface area contributed by atoms with Gasteiger partial charge in [-0.3, -0.25) is 14.3 Å². The molecule has 1 aromatic heterocycles. The van der Waals surface area contributed by atoms with Crippen LogP contribution < -0.4 is 11.2 Å². The van der Waals surface area contributed by atoms with Gasteiger partial charge in [-0.1, -0.05) is 0 Å². The second-order valence-corrected chi connectivity index (χ2v) is 5.23. The fraction of sp³-hybridized carbons (Fsp3) is 0.500. The van der Waals surface area contributed by atoms with E-state index < -0.39 is 17.5 Å². The van der Waals surface area contributed by atoms with Crippen LogP contribution in [-0.2, 0) is 4.74 Å². The molecular weight excluding hydrogens is 300 g/mol. The molecule has 0 unspecified atom stereocenters. The van der Waals surface area contributed by atoms with Gasteiger partial charge < -0.3 is 9.84 Å². The number of rotatable bonds is 2. The lowest BCUT2D eigenvalue weighted by molar-refractivity contribution is -0.00651. The Labute approximate surface area is 103 Å². The van der Waals surface area contributed by atoms with Gasteiger partial charge in [0.25, 0.3) is 5.56 Å². The van der Waals surface area contributed by atoms with Gasteiger partial charge in [-0.05, 0) is 15.9 Å². The fourth-order valence-corrected chi connectivity index (χ4v) is 2.61. The third kappa shape index (κ3) is 2.24. The van der Waals surface area contributed by atoms with Crippen LogP contribution in [0.4, 0.5) is 0 Å². The number of aromatic nitrogens is 2. The summed E-state index contributed by atoms with van der Waals surface area (Å²) in [5, 5.41) is 8.90. The lowest BCUT2D eigenvalue weighted by atomic mass is 10.5. The molecule has 88 valence electrons. The molecule has 0 amide bonds. The largest absolute Gasteiger partial charge is 0.393 e. The van der Waals surface area contributed by atoms with Crippen molar-refractivity contribution in [3.8, 4) is 0 Å². The van der Waals surface area contributed by atoms with Gasteiger partial charge in [0.05, 0.1) is 11.1 Å². The SMILES string of the molecule is O=c1[nH]c(=O)n([C@@H]2CS[C@@H](CO)O2)cc1Br. The van der Waals surface area contributed by atoms with Crippen molar-refractivity contribution in [2.45, 2.75) is 11.7 Å². The van der Waals surface area contributed by atoms with Crippen LogP contribution >= 0.6 is 27.7 Å². The Morgan fingerprint density at radius 1 is 1.69 bits per heavy atom. The average Bonchev–Trinajstić information content (AvgIpc) is 2.71. The van der Waals surface area contributed by atoms with Crippen molar-refractivity contribution in [3.63, 3.8) is 0 Å². The van der Waals surface area contributed by atoms with Crippen LogP contribution in [0.25, 0.3) is 0 Å².